The minimum atomic E-state index is 0.228. The number of hydrogen-bond acceptors (Lipinski definition) is 5. The molecule has 3 aromatic heterocycles. The van der Waals surface area contributed by atoms with E-state index in [4.69, 9.17) is 10.8 Å². The quantitative estimate of drug-likeness (QED) is 0.588. The van der Waals surface area contributed by atoms with Crippen molar-refractivity contribution in [1.82, 2.24) is 19.5 Å². The van der Waals surface area contributed by atoms with Gasteiger partial charge >= 0.3 is 0 Å². The molecule has 0 fully saturated rings. The lowest BCUT2D eigenvalue weighted by Crippen LogP contribution is -2.01. The lowest BCUT2D eigenvalue weighted by molar-refractivity contribution is 0.475. The van der Waals surface area contributed by atoms with E-state index < -0.39 is 0 Å². The molecule has 116 valence electrons. The first-order chi connectivity index (χ1) is 11.7. The van der Waals surface area contributed by atoms with Crippen LogP contribution in [0.4, 0.5) is 0 Å². The number of terminal acetylenes is 1. The highest BCUT2D eigenvalue weighted by Crippen LogP contribution is 2.26. The summed E-state index contributed by atoms with van der Waals surface area (Å²) in [6, 6.07) is 10.6. The summed E-state index contributed by atoms with van der Waals surface area (Å²) in [7, 11) is 0. The number of phenolic OH excluding ortho intramolecular Hbond substituents is 1. The predicted molar refractivity (Wildman–Crippen MR) is 88.2 cm³/mol. The van der Waals surface area contributed by atoms with Crippen molar-refractivity contribution < 1.29 is 9.52 Å². The van der Waals surface area contributed by atoms with E-state index in [1.165, 1.54) is 0 Å². The fraction of sp³-hybridized carbons (Fsp3) is 0.0556. The molecule has 0 aliphatic rings. The van der Waals surface area contributed by atoms with Crippen molar-refractivity contribution >= 4 is 11.2 Å². The van der Waals surface area contributed by atoms with Gasteiger partial charge in [-0.05, 0) is 35.7 Å². The second kappa shape index (κ2) is 5.56. The smallest absolute Gasteiger partial charge is 0.207 e. The Morgan fingerprint density at radius 1 is 1.17 bits per heavy atom. The first kappa shape index (κ1) is 14.0. The molecule has 0 bridgehead atoms. The molecule has 0 amide bonds. The largest absolute Gasteiger partial charge is 0.508 e. The average molecular weight is 316 g/mol. The third-order valence-corrected chi connectivity index (χ3v) is 3.64. The topological polar surface area (TPSA) is 77.0 Å². The number of aromatic nitrogens is 4. The molecule has 4 rings (SSSR count). The van der Waals surface area contributed by atoms with Gasteiger partial charge in [-0.2, -0.15) is 0 Å². The van der Waals surface area contributed by atoms with Crippen LogP contribution in [0.25, 0.3) is 22.6 Å². The third-order valence-electron chi connectivity index (χ3n) is 3.64. The van der Waals surface area contributed by atoms with Crippen molar-refractivity contribution in [2.45, 2.75) is 6.54 Å². The number of phenols is 1. The van der Waals surface area contributed by atoms with Gasteiger partial charge in [0.1, 0.15) is 17.0 Å². The van der Waals surface area contributed by atoms with Gasteiger partial charge in [-0.25, -0.2) is 15.0 Å². The number of furan rings is 1. The van der Waals surface area contributed by atoms with Crippen LogP contribution in [0.15, 0.2) is 53.4 Å². The van der Waals surface area contributed by atoms with E-state index in [1.807, 2.05) is 16.7 Å². The Labute approximate surface area is 137 Å². The minimum absolute atomic E-state index is 0.228. The van der Waals surface area contributed by atoms with E-state index in [2.05, 4.69) is 20.9 Å². The van der Waals surface area contributed by atoms with Crippen LogP contribution in [0, 0.1) is 12.3 Å². The van der Waals surface area contributed by atoms with Crippen LogP contribution in [0.5, 0.6) is 5.75 Å². The highest BCUT2D eigenvalue weighted by atomic mass is 16.3. The molecule has 6 nitrogen and oxygen atoms in total. The zero-order valence-electron chi connectivity index (χ0n) is 12.5. The molecule has 24 heavy (non-hydrogen) atoms. The molecule has 0 spiro atoms. The molecule has 0 aliphatic heterocycles. The maximum absolute atomic E-state index is 9.39. The zero-order chi connectivity index (χ0) is 16.5. The number of fused-ring (bicyclic) bond motifs is 1. The molecule has 0 radical (unpaired) electrons. The maximum atomic E-state index is 9.39. The molecular formula is C18H12N4O2. The summed E-state index contributed by atoms with van der Waals surface area (Å²) in [4.78, 5) is 13.2. The SMILES string of the molecule is C#Cc1nc(-c2ccco2)c2ncn(Cc3ccc(O)cc3)c2n1. The highest BCUT2D eigenvalue weighted by Gasteiger charge is 2.16. The Balaban J connectivity index is 1.85. The van der Waals surface area contributed by atoms with E-state index in [9.17, 15) is 5.11 Å². The third kappa shape index (κ3) is 2.38. The second-order valence-electron chi connectivity index (χ2n) is 5.23. The zero-order valence-corrected chi connectivity index (χ0v) is 12.5. The number of imidazole rings is 1. The Hall–Kier alpha value is -3.59. The number of hydrogen-bond donors (Lipinski definition) is 1. The van der Waals surface area contributed by atoms with E-state index >= 15 is 0 Å². The summed E-state index contributed by atoms with van der Waals surface area (Å²) >= 11 is 0. The molecule has 0 aliphatic carbocycles. The van der Waals surface area contributed by atoms with Crippen LogP contribution in [-0.2, 0) is 6.54 Å². The van der Waals surface area contributed by atoms with Gasteiger partial charge < -0.3 is 14.1 Å². The Morgan fingerprint density at radius 2 is 2.00 bits per heavy atom. The van der Waals surface area contributed by atoms with Crippen LogP contribution >= 0.6 is 0 Å². The van der Waals surface area contributed by atoms with Crippen molar-refractivity contribution in [3.8, 4) is 29.5 Å². The number of nitrogens with zero attached hydrogens (tertiary/aromatic N) is 4. The van der Waals surface area contributed by atoms with Crippen LogP contribution in [-0.4, -0.2) is 24.6 Å². The first-order valence-electron chi connectivity index (χ1n) is 7.26. The van der Waals surface area contributed by atoms with E-state index in [-0.39, 0.29) is 11.6 Å². The lowest BCUT2D eigenvalue weighted by Gasteiger charge is -2.05. The van der Waals surface area contributed by atoms with Crippen molar-refractivity contribution in [3.63, 3.8) is 0 Å². The lowest BCUT2D eigenvalue weighted by atomic mass is 10.2. The van der Waals surface area contributed by atoms with Crippen molar-refractivity contribution in [2.24, 2.45) is 0 Å². The fourth-order valence-corrected chi connectivity index (χ4v) is 2.51. The summed E-state index contributed by atoms with van der Waals surface area (Å²) < 4.78 is 7.32. The minimum Gasteiger partial charge on any atom is -0.508 e. The van der Waals surface area contributed by atoms with Gasteiger partial charge in [-0.15, -0.1) is 6.42 Å². The fourth-order valence-electron chi connectivity index (χ4n) is 2.51. The van der Waals surface area contributed by atoms with Gasteiger partial charge in [0.15, 0.2) is 11.4 Å². The summed E-state index contributed by atoms with van der Waals surface area (Å²) in [5.74, 6) is 3.57. The molecule has 0 unspecified atom stereocenters. The number of rotatable bonds is 3. The number of aromatic hydroxyl groups is 1. The highest BCUT2D eigenvalue weighted by molar-refractivity contribution is 5.86. The van der Waals surface area contributed by atoms with Crippen LogP contribution in [0.1, 0.15) is 11.4 Å². The molecule has 0 saturated carbocycles. The van der Waals surface area contributed by atoms with Crippen molar-refractivity contribution in [1.29, 1.82) is 0 Å². The summed E-state index contributed by atoms with van der Waals surface area (Å²) in [5.41, 5.74) is 2.84. The van der Waals surface area contributed by atoms with Gasteiger partial charge in [0.05, 0.1) is 19.1 Å². The van der Waals surface area contributed by atoms with Gasteiger partial charge in [0.2, 0.25) is 5.82 Å². The van der Waals surface area contributed by atoms with Crippen molar-refractivity contribution in [2.75, 3.05) is 0 Å². The standard InChI is InChI=1S/C18H12N4O2/c1-2-15-20-16(14-4-3-9-24-14)17-18(21-15)22(11-19-17)10-12-5-7-13(23)8-6-12/h1,3-9,11,23H,10H2. The molecule has 4 aromatic rings. The van der Waals surface area contributed by atoms with Gasteiger partial charge in [-0.1, -0.05) is 12.1 Å². The maximum Gasteiger partial charge on any atom is 0.207 e. The van der Waals surface area contributed by atoms with Crippen LogP contribution < -0.4 is 0 Å². The summed E-state index contributed by atoms with van der Waals surface area (Å²) in [6.45, 7) is 0.551. The van der Waals surface area contributed by atoms with E-state index in [1.54, 1.807) is 36.9 Å². The van der Waals surface area contributed by atoms with Gasteiger partial charge in [-0.3, -0.25) is 0 Å². The van der Waals surface area contributed by atoms with Crippen LogP contribution in [0.2, 0.25) is 0 Å². The summed E-state index contributed by atoms with van der Waals surface area (Å²) in [6.07, 6.45) is 8.76. The molecular weight excluding hydrogens is 304 g/mol. The van der Waals surface area contributed by atoms with Crippen molar-refractivity contribution in [3.05, 3.63) is 60.4 Å². The molecule has 1 aromatic carbocycles. The molecule has 0 saturated heterocycles. The number of benzene rings is 1. The Kier molecular flexibility index (Phi) is 3.25. The van der Waals surface area contributed by atoms with E-state index in [0.29, 0.717) is 29.2 Å². The Morgan fingerprint density at radius 3 is 2.71 bits per heavy atom. The van der Waals surface area contributed by atoms with Crippen LogP contribution in [0.3, 0.4) is 0 Å². The molecule has 0 atom stereocenters. The monoisotopic (exact) mass is 316 g/mol. The summed E-state index contributed by atoms with van der Waals surface area (Å²) in [5, 5.41) is 9.39. The molecule has 3 heterocycles. The second-order valence-corrected chi connectivity index (χ2v) is 5.23. The van der Waals surface area contributed by atoms with Gasteiger partial charge in [0, 0.05) is 0 Å². The molecule has 6 heteroatoms. The van der Waals surface area contributed by atoms with E-state index in [0.717, 1.165) is 5.56 Å². The first-order valence-corrected chi connectivity index (χ1v) is 7.26. The normalized spacial score (nSPS) is 10.8. The predicted octanol–water partition coefficient (Wildman–Crippen LogP) is 2.82. The van der Waals surface area contributed by atoms with Gasteiger partial charge in [0.25, 0.3) is 0 Å². The molecule has 1 N–H and O–H groups in total. The Bertz CT molecular complexity index is 1040. The average Bonchev–Trinajstić information content (AvgIpc) is 3.26.